The van der Waals surface area contributed by atoms with Crippen LogP contribution in [0.15, 0.2) is 36.7 Å². The Balaban J connectivity index is 1.64. The zero-order chi connectivity index (χ0) is 16.4. The lowest BCUT2D eigenvalue weighted by Crippen LogP contribution is -2.33. The van der Waals surface area contributed by atoms with Gasteiger partial charge >= 0.3 is 0 Å². The van der Waals surface area contributed by atoms with Crippen molar-refractivity contribution in [1.29, 1.82) is 0 Å². The summed E-state index contributed by atoms with van der Waals surface area (Å²) < 4.78 is 39.3. The van der Waals surface area contributed by atoms with Crippen molar-refractivity contribution in [1.82, 2.24) is 9.78 Å². The van der Waals surface area contributed by atoms with Gasteiger partial charge in [-0.3, -0.25) is 9.40 Å². The monoisotopic (exact) mass is 337 g/mol. The minimum Gasteiger partial charge on any atom is -0.486 e. The molecule has 1 aliphatic rings. The Bertz CT molecular complexity index is 786. The summed E-state index contributed by atoms with van der Waals surface area (Å²) in [5, 5.41) is 3.66. The zero-order valence-corrected chi connectivity index (χ0v) is 13.8. The minimum atomic E-state index is -3.37. The van der Waals surface area contributed by atoms with Gasteiger partial charge in [0.1, 0.15) is 6.61 Å². The number of nitrogens with one attached hydrogen (secondary N) is 1. The molecule has 2 heterocycles. The van der Waals surface area contributed by atoms with E-state index in [4.69, 9.17) is 9.47 Å². The predicted octanol–water partition coefficient (Wildman–Crippen LogP) is 1.87. The van der Waals surface area contributed by atoms with Gasteiger partial charge < -0.3 is 9.47 Å². The van der Waals surface area contributed by atoms with Crippen LogP contribution in [0.25, 0.3) is 0 Å². The van der Waals surface area contributed by atoms with E-state index in [2.05, 4.69) is 9.82 Å². The first-order valence-electron chi connectivity index (χ1n) is 7.36. The number of para-hydroxylation sites is 2. The van der Waals surface area contributed by atoms with E-state index in [1.807, 2.05) is 24.3 Å². The van der Waals surface area contributed by atoms with Gasteiger partial charge in [-0.1, -0.05) is 12.1 Å². The molecule has 23 heavy (non-hydrogen) atoms. The summed E-state index contributed by atoms with van der Waals surface area (Å²) in [5.74, 6) is 1.44. The number of ether oxygens (including phenoxy) is 2. The molecule has 0 spiro atoms. The van der Waals surface area contributed by atoms with Crippen LogP contribution in [0.3, 0.4) is 0 Å². The van der Waals surface area contributed by atoms with Gasteiger partial charge in [-0.25, -0.2) is 8.42 Å². The maximum absolute atomic E-state index is 11.8. The van der Waals surface area contributed by atoms with Crippen molar-refractivity contribution in [3.63, 3.8) is 0 Å². The highest BCUT2D eigenvalue weighted by atomic mass is 32.2. The normalized spacial score (nSPS) is 17.3. The molecule has 0 radical (unpaired) electrons. The molecule has 1 atom stereocenters. The largest absolute Gasteiger partial charge is 0.486 e. The molecule has 0 aliphatic carbocycles. The van der Waals surface area contributed by atoms with Gasteiger partial charge in [-0.15, -0.1) is 0 Å². The van der Waals surface area contributed by atoms with Crippen molar-refractivity contribution in [3.05, 3.63) is 36.7 Å². The van der Waals surface area contributed by atoms with Crippen molar-refractivity contribution in [2.24, 2.45) is 0 Å². The maximum atomic E-state index is 11.8. The zero-order valence-electron chi connectivity index (χ0n) is 13.0. The van der Waals surface area contributed by atoms with E-state index in [-0.39, 0.29) is 6.10 Å². The summed E-state index contributed by atoms with van der Waals surface area (Å²) in [6.07, 6.45) is 2.95. The molecule has 1 unspecified atom stereocenters. The van der Waals surface area contributed by atoms with Crippen molar-refractivity contribution in [2.75, 3.05) is 11.3 Å². The third-order valence-electron chi connectivity index (χ3n) is 3.47. The van der Waals surface area contributed by atoms with E-state index < -0.39 is 15.3 Å². The second kappa shape index (κ2) is 6.11. The first-order chi connectivity index (χ1) is 10.9. The lowest BCUT2D eigenvalue weighted by atomic mass is 10.2. The first-order valence-corrected chi connectivity index (χ1v) is 8.91. The topological polar surface area (TPSA) is 82.5 Å². The van der Waals surface area contributed by atoms with E-state index in [1.54, 1.807) is 24.7 Å². The molecule has 1 aliphatic heterocycles. The van der Waals surface area contributed by atoms with E-state index in [1.165, 1.54) is 6.20 Å². The summed E-state index contributed by atoms with van der Waals surface area (Å²) >= 11 is 0. The number of fused-ring (bicyclic) bond motifs is 1. The fourth-order valence-electron chi connectivity index (χ4n) is 2.16. The van der Waals surface area contributed by atoms with Crippen LogP contribution in [0, 0.1) is 0 Å². The van der Waals surface area contributed by atoms with Crippen molar-refractivity contribution in [3.8, 4) is 11.5 Å². The number of sulfonamides is 1. The molecule has 0 fully saturated rings. The fraction of sp³-hybridized carbons (Fsp3) is 0.400. The van der Waals surface area contributed by atoms with E-state index in [0.29, 0.717) is 24.6 Å². The molecule has 0 amide bonds. The van der Waals surface area contributed by atoms with Crippen LogP contribution >= 0.6 is 0 Å². The highest BCUT2D eigenvalue weighted by Crippen LogP contribution is 2.31. The SMILES string of the molecule is CC(C)S(=O)(=O)Nc1cnn(CC2COc3ccccc3O2)c1. The highest BCUT2D eigenvalue weighted by molar-refractivity contribution is 7.93. The Hall–Kier alpha value is -2.22. The molecule has 1 aromatic heterocycles. The van der Waals surface area contributed by atoms with Gasteiger partial charge in [-0.05, 0) is 26.0 Å². The van der Waals surface area contributed by atoms with Crippen LogP contribution in [0.1, 0.15) is 13.8 Å². The van der Waals surface area contributed by atoms with Crippen LogP contribution in [-0.2, 0) is 16.6 Å². The molecular formula is C15H19N3O4S. The molecular weight excluding hydrogens is 318 g/mol. The van der Waals surface area contributed by atoms with Crippen LogP contribution in [-0.4, -0.2) is 36.2 Å². The summed E-state index contributed by atoms with van der Waals surface area (Å²) in [7, 11) is -3.37. The average Bonchev–Trinajstić information content (AvgIpc) is 2.93. The summed E-state index contributed by atoms with van der Waals surface area (Å²) in [4.78, 5) is 0. The van der Waals surface area contributed by atoms with Crippen LogP contribution < -0.4 is 14.2 Å². The second-order valence-corrected chi connectivity index (χ2v) is 7.88. The van der Waals surface area contributed by atoms with Crippen LogP contribution in [0.2, 0.25) is 0 Å². The third-order valence-corrected chi connectivity index (χ3v) is 5.23. The molecule has 3 rings (SSSR count). The lowest BCUT2D eigenvalue weighted by molar-refractivity contribution is 0.0759. The fourth-order valence-corrected chi connectivity index (χ4v) is 2.83. The smallest absolute Gasteiger partial charge is 0.235 e. The van der Waals surface area contributed by atoms with Gasteiger partial charge in [0.05, 0.1) is 23.7 Å². The standard InChI is InChI=1S/C15H19N3O4S/c1-11(2)23(19,20)17-12-7-16-18(8-12)9-13-10-21-14-5-3-4-6-15(14)22-13/h3-8,11,13,17H,9-10H2,1-2H3. The molecule has 0 bridgehead atoms. The molecule has 0 saturated heterocycles. The van der Waals surface area contributed by atoms with Gasteiger partial charge in [-0.2, -0.15) is 5.10 Å². The molecule has 7 nitrogen and oxygen atoms in total. The Morgan fingerprint density at radius 1 is 1.35 bits per heavy atom. The number of hydrogen-bond donors (Lipinski definition) is 1. The van der Waals surface area contributed by atoms with Crippen molar-refractivity contribution >= 4 is 15.7 Å². The number of rotatable bonds is 5. The molecule has 0 saturated carbocycles. The van der Waals surface area contributed by atoms with Crippen molar-refractivity contribution < 1.29 is 17.9 Å². The number of anilines is 1. The highest BCUT2D eigenvalue weighted by Gasteiger charge is 2.22. The third kappa shape index (κ3) is 3.58. The van der Waals surface area contributed by atoms with E-state index >= 15 is 0 Å². The van der Waals surface area contributed by atoms with Crippen molar-refractivity contribution in [2.45, 2.75) is 31.7 Å². The van der Waals surface area contributed by atoms with Gasteiger partial charge in [0.2, 0.25) is 10.0 Å². The second-order valence-electron chi connectivity index (χ2n) is 5.64. The number of benzene rings is 1. The Kier molecular flexibility index (Phi) is 4.16. The molecule has 124 valence electrons. The van der Waals surface area contributed by atoms with Gasteiger partial charge in [0.15, 0.2) is 17.6 Å². The Labute approximate surface area is 135 Å². The lowest BCUT2D eigenvalue weighted by Gasteiger charge is -2.26. The first kappa shape index (κ1) is 15.7. The Morgan fingerprint density at radius 3 is 2.83 bits per heavy atom. The number of aromatic nitrogens is 2. The molecule has 8 heteroatoms. The number of nitrogens with zero attached hydrogens (tertiary/aromatic N) is 2. The molecule has 1 aromatic carbocycles. The quantitative estimate of drug-likeness (QED) is 0.901. The van der Waals surface area contributed by atoms with Crippen LogP contribution in [0.4, 0.5) is 5.69 Å². The molecule has 2 aromatic rings. The minimum absolute atomic E-state index is 0.181. The number of hydrogen-bond acceptors (Lipinski definition) is 5. The summed E-state index contributed by atoms with van der Waals surface area (Å²) in [6, 6.07) is 7.49. The van der Waals surface area contributed by atoms with Crippen LogP contribution in [0.5, 0.6) is 11.5 Å². The summed E-state index contributed by atoms with van der Waals surface area (Å²) in [6.45, 7) is 4.14. The Morgan fingerprint density at radius 2 is 2.09 bits per heavy atom. The predicted molar refractivity (Wildman–Crippen MR) is 86.3 cm³/mol. The van der Waals surface area contributed by atoms with Gasteiger partial charge in [0, 0.05) is 6.20 Å². The molecule has 1 N–H and O–H groups in total. The van der Waals surface area contributed by atoms with E-state index in [9.17, 15) is 8.42 Å². The summed E-state index contributed by atoms with van der Waals surface area (Å²) in [5.41, 5.74) is 0.441. The van der Waals surface area contributed by atoms with E-state index in [0.717, 1.165) is 5.75 Å². The maximum Gasteiger partial charge on any atom is 0.235 e. The average molecular weight is 337 g/mol. The van der Waals surface area contributed by atoms with Gasteiger partial charge in [0.25, 0.3) is 0 Å².